The Morgan fingerprint density at radius 3 is 2.33 bits per heavy atom. The first-order valence-electron chi connectivity index (χ1n) is 1.90. The zero-order valence-electron chi connectivity index (χ0n) is 3.78. The van der Waals surface area contributed by atoms with Crippen LogP contribution in [0.15, 0.2) is 12.2 Å². The van der Waals surface area contributed by atoms with Crippen LogP contribution in [-0.2, 0) is 0 Å². The molecule has 0 aliphatic carbocycles. The summed E-state index contributed by atoms with van der Waals surface area (Å²) in [5.74, 6) is 0. The molecule has 0 fully saturated rings. The van der Waals surface area contributed by atoms with Crippen LogP contribution in [0.3, 0.4) is 0 Å². The van der Waals surface area contributed by atoms with Crippen LogP contribution in [0.1, 0.15) is 0 Å². The fourth-order valence-corrected chi connectivity index (χ4v) is 0.185. The van der Waals surface area contributed by atoms with Crippen molar-refractivity contribution in [1.82, 2.24) is 0 Å². The molecule has 3 heteroatoms. The third kappa shape index (κ3) is 3.56. The highest BCUT2D eigenvalue weighted by Gasteiger charge is 1.81. The highest BCUT2D eigenvalue weighted by atomic mass is 14.5. The Morgan fingerprint density at radius 1 is 1.83 bits per heavy atom. The van der Waals surface area contributed by atoms with Gasteiger partial charge in [0.15, 0.2) is 7.28 Å². The van der Waals surface area contributed by atoms with Gasteiger partial charge < -0.3 is 11.5 Å². The first-order valence-corrected chi connectivity index (χ1v) is 1.90. The molecule has 0 rings (SSSR count). The lowest BCUT2D eigenvalue weighted by atomic mass is 9.76. The van der Waals surface area contributed by atoms with Gasteiger partial charge in [-0.05, 0) is 12.0 Å². The van der Waals surface area contributed by atoms with Crippen LogP contribution in [0.2, 0.25) is 0 Å². The summed E-state index contributed by atoms with van der Waals surface area (Å²) in [6.45, 7) is 3.44. The minimum Gasteiger partial charge on any atom is -0.410 e. The Bertz CT molecular complexity index is 52.8. The summed E-state index contributed by atoms with van der Waals surface area (Å²) in [7, 11) is 0.736. The van der Waals surface area contributed by atoms with E-state index in [4.69, 9.17) is 11.5 Å². The molecule has 0 aliphatic rings. The summed E-state index contributed by atoms with van der Waals surface area (Å²) in [4.78, 5) is 0. The van der Waals surface area contributed by atoms with Crippen molar-refractivity contribution >= 4 is 7.28 Å². The minimum absolute atomic E-state index is 0.606. The van der Waals surface area contributed by atoms with Crippen LogP contribution in [-0.4, -0.2) is 13.7 Å². The Hall–Kier alpha value is -0.435. The quantitative estimate of drug-likeness (QED) is 0.411. The third-order valence-corrected chi connectivity index (χ3v) is 0.465. The molecule has 0 amide bonds. The normalized spacial score (nSPS) is 7.50. The van der Waals surface area contributed by atoms with Crippen molar-refractivity contribution in [2.45, 2.75) is 0 Å². The van der Waals surface area contributed by atoms with Crippen molar-refractivity contribution in [2.75, 3.05) is 6.44 Å². The van der Waals surface area contributed by atoms with Gasteiger partial charge in [0.2, 0.25) is 0 Å². The smallest absolute Gasteiger partial charge is 0.192 e. The monoisotopic (exact) mass is 84.1 g/mol. The summed E-state index contributed by atoms with van der Waals surface area (Å²) in [6.07, 6.45) is 0.606. The van der Waals surface area contributed by atoms with Crippen LogP contribution in [0.25, 0.3) is 0 Å². The molecule has 6 heavy (non-hydrogen) atoms. The zero-order chi connectivity index (χ0) is 4.99. The highest BCUT2D eigenvalue weighted by molar-refractivity contribution is 6.44. The van der Waals surface area contributed by atoms with E-state index in [1.807, 2.05) is 0 Å². The average molecular weight is 83.9 g/mol. The maximum atomic E-state index is 5.13. The molecule has 2 nitrogen and oxygen atoms in total. The van der Waals surface area contributed by atoms with Gasteiger partial charge >= 0.3 is 0 Å². The molecule has 0 aliphatic heterocycles. The summed E-state index contributed by atoms with van der Waals surface area (Å²) >= 11 is 0. The van der Waals surface area contributed by atoms with Gasteiger partial charge in [-0.3, -0.25) is 0 Å². The average Bonchev–Trinajstić information content (AvgIpc) is 1.35. The second-order valence-corrected chi connectivity index (χ2v) is 1.20. The molecule has 34 valence electrons. The van der Waals surface area contributed by atoms with Gasteiger partial charge in [-0.25, -0.2) is 0 Å². The maximum absolute atomic E-state index is 5.13. The number of hydrogen-bond acceptors (Lipinski definition) is 2. The topological polar surface area (TPSA) is 52.0 Å². The zero-order valence-corrected chi connectivity index (χ0v) is 3.78. The van der Waals surface area contributed by atoms with Crippen LogP contribution in [0.4, 0.5) is 0 Å². The Kier molecular flexibility index (Phi) is 2.58. The number of nitrogens with two attached hydrogens (primary N) is 2. The van der Waals surface area contributed by atoms with Crippen molar-refractivity contribution in [3.05, 3.63) is 12.2 Å². The second kappa shape index (κ2) is 2.78. The van der Waals surface area contributed by atoms with Crippen molar-refractivity contribution in [3.63, 3.8) is 0 Å². The predicted molar refractivity (Wildman–Crippen MR) is 29.5 cm³/mol. The lowest BCUT2D eigenvalue weighted by Crippen LogP contribution is -2.15. The predicted octanol–water partition coefficient (Wildman–Crippen LogP) is -1.23. The largest absolute Gasteiger partial charge is 0.410 e. The first kappa shape index (κ1) is 5.56. The third-order valence-electron chi connectivity index (χ3n) is 0.465. The fraction of sp³-hybridized carbons (Fsp3) is 0.333. The van der Waals surface area contributed by atoms with Crippen LogP contribution < -0.4 is 11.5 Å². The van der Waals surface area contributed by atoms with Gasteiger partial charge in [-0.2, -0.15) is 0 Å². The molecule has 0 saturated carbocycles. The molecular formula is C3H9BN2. The van der Waals surface area contributed by atoms with Gasteiger partial charge in [-0.1, -0.05) is 6.58 Å². The summed E-state index contributed by atoms with van der Waals surface area (Å²) in [5, 5.41) is 0. The Morgan fingerprint density at radius 2 is 2.33 bits per heavy atom. The molecule has 0 aromatic carbocycles. The van der Waals surface area contributed by atoms with Crippen molar-refractivity contribution < 1.29 is 0 Å². The highest BCUT2D eigenvalue weighted by Crippen LogP contribution is 1.63. The molecule has 0 heterocycles. The van der Waals surface area contributed by atoms with E-state index in [0.29, 0.717) is 12.0 Å². The number of hydrogen-bond donors (Lipinski definition) is 2. The van der Waals surface area contributed by atoms with E-state index in [1.165, 1.54) is 0 Å². The SMILES string of the molecule is C=C(N)BCN. The van der Waals surface area contributed by atoms with E-state index in [2.05, 4.69) is 6.58 Å². The lowest BCUT2D eigenvalue weighted by Gasteiger charge is -1.85. The van der Waals surface area contributed by atoms with E-state index in [0.717, 1.165) is 7.28 Å². The fourth-order valence-electron chi connectivity index (χ4n) is 0.185. The molecule has 0 radical (unpaired) electrons. The van der Waals surface area contributed by atoms with Crippen molar-refractivity contribution in [2.24, 2.45) is 11.5 Å². The first-order chi connectivity index (χ1) is 2.77. The summed E-state index contributed by atoms with van der Waals surface area (Å²) in [6, 6.07) is 0. The molecule has 0 atom stereocenters. The van der Waals surface area contributed by atoms with Gasteiger partial charge in [0.1, 0.15) is 0 Å². The molecular weight excluding hydrogens is 74.9 g/mol. The maximum Gasteiger partial charge on any atom is 0.192 e. The van der Waals surface area contributed by atoms with Crippen LogP contribution in [0, 0.1) is 0 Å². The van der Waals surface area contributed by atoms with E-state index in [-0.39, 0.29) is 0 Å². The minimum atomic E-state index is 0.606. The Labute approximate surface area is 38.4 Å². The standard InChI is InChI=1S/C3H9BN2/c1-3(6)4-2-5/h4H,1-2,5-6H2. The molecule has 0 unspecified atom stereocenters. The molecule has 0 saturated heterocycles. The van der Waals surface area contributed by atoms with Gasteiger partial charge in [0.25, 0.3) is 0 Å². The van der Waals surface area contributed by atoms with Crippen LogP contribution in [0.5, 0.6) is 0 Å². The second-order valence-electron chi connectivity index (χ2n) is 1.20. The van der Waals surface area contributed by atoms with Crippen LogP contribution >= 0.6 is 0 Å². The van der Waals surface area contributed by atoms with E-state index < -0.39 is 0 Å². The molecule has 0 aromatic heterocycles. The number of rotatable bonds is 2. The van der Waals surface area contributed by atoms with Gasteiger partial charge in [-0.15, -0.1) is 0 Å². The van der Waals surface area contributed by atoms with Crippen molar-refractivity contribution in [1.29, 1.82) is 0 Å². The van der Waals surface area contributed by atoms with Crippen molar-refractivity contribution in [3.8, 4) is 0 Å². The molecule has 0 spiro atoms. The molecule has 4 N–H and O–H groups in total. The van der Waals surface area contributed by atoms with Gasteiger partial charge in [0, 0.05) is 0 Å². The van der Waals surface area contributed by atoms with E-state index >= 15 is 0 Å². The van der Waals surface area contributed by atoms with E-state index in [1.54, 1.807) is 0 Å². The Balaban J connectivity index is 2.83. The van der Waals surface area contributed by atoms with Gasteiger partial charge in [0.05, 0.1) is 0 Å². The molecule has 0 bridgehead atoms. The van der Waals surface area contributed by atoms with E-state index in [9.17, 15) is 0 Å². The lowest BCUT2D eigenvalue weighted by molar-refractivity contribution is 1.35. The summed E-state index contributed by atoms with van der Waals surface area (Å²) in [5.41, 5.74) is 10.9. The summed E-state index contributed by atoms with van der Waals surface area (Å²) < 4.78 is 0. The molecule has 0 aromatic rings.